The first-order valence-corrected chi connectivity index (χ1v) is 7.01. The molecule has 0 spiro atoms. The van der Waals surface area contributed by atoms with E-state index in [1.54, 1.807) is 26.0 Å². The van der Waals surface area contributed by atoms with Gasteiger partial charge in [-0.3, -0.25) is 0 Å². The van der Waals surface area contributed by atoms with Gasteiger partial charge in [-0.2, -0.15) is 0 Å². The lowest BCUT2D eigenvalue weighted by molar-refractivity contribution is 0.250. The van der Waals surface area contributed by atoms with Crippen molar-refractivity contribution in [3.63, 3.8) is 0 Å². The van der Waals surface area contributed by atoms with Crippen molar-refractivity contribution >= 4 is 11.8 Å². The number of ether oxygens (including phenoxy) is 2. The highest BCUT2D eigenvalue weighted by Gasteiger charge is 2.11. The quantitative estimate of drug-likeness (QED) is 0.742. The van der Waals surface area contributed by atoms with Gasteiger partial charge in [-0.15, -0.1) is 11.8 Å². The molecule has 1 atom stereocenters. The number of nitrogens with one attached hydrogen (secondary N) is 1. The Morgan fingerprint density at radius 2 is 1.89 bits per heavy atom. The molecule has 0 saturated heterocycles. The second-order valence-electron chi connectivity index (χ2n) is 3.98. The molecule has 4 nitrogen and oxygen atoms in total. The molecule has 18 heavy (non-hydrogen) atoms. The zero-order valence-corrected chi connectivity index (χ0v) is 12.1. The molecule has 0 aliphatic rings. The highest BCUT2D eigenvalue weighted by molar-refractivity contribution is 7.98. The molecule has 0 aliphatic carbocycles. The van der Waals surface area contributed by atoms with Crippen LogP contribution in [0.5, 0.6) is 11.5 Å². The molecule has 1 aromatic rings. The Morgan fingerprint density at radius 3 is 2.39 bits per heavy atom. The average Bonchev–Trinajstić information content (AvgIpc) is 2.43. The van der Waals surface area contributed by atoms with E-state index < -0.39 is 0 Å². The minimum Gasteiger partial charge on any atom is -0.493 e. The number of hydrogen-bond donors (Lipinski definition) is 2. The lowest BCUT2D eigenvalue weighted by Crippen LogP contribution is -2.28. The van der Waals surface area contributed by atoms with E-state index in [9.17, 15) is 0 Å². The van der Waals surface area contributed by atoms with E-state index in [1.807, 2.05) is 25.3 Å². The van der Waals surface area contributed by atoms with Crippen molar-refractivity contribution < 1.29 is 14.6 Å². The van der Waals surface area contributed by atoms with Gasteiger partial charge in [-0.05, 0) is 30.9 Å². The second-order valence-corrected chi connectivity index (χ2v) is 4.83. The molecule has 0 fully saturated rings. The van der Waals surface area contributed by atoms with Gasteiger partial charge in [0.25, 0.3) is 0 Å². The Hall–Kier alpha value is -0.910. The Balaban J connectivity index is 2.94. The zero-order chi connectivity index (χ0) is 13.5. The SMILES string of the molecule is COc1cc(CNC(C)CO)c(SC)cc1OC. The van der Waals surface area contributed by atoms with Crippen molar-refractivity contribution in [2.75, 3.05) is 27.1 Å². The van der Waals surface area contributed by atoms with E-state index in [0.29, 0.717) is 6.54 Å². The van der Waals surface area contributed by atoms with Crippen LogP contribution in [0.1, 0.15) is 12.5 Å². The lowest BCUT2D eigenvalue weighted by Gasteiger charge is -2.16. The average molecular weight is 271 g/mol. The van der Waals surface area contributed by atoms with Crippen LogP contribution in [-0.4, -0.2) is 38.2 Å². The largest absolute Gasteiger partial charge is 0.493 e. The first-order valence-electron chi connectivity index (χ1n) is 5.79. The first kappa shape index (κ1) is 15.1. The van der Waals surface area contributed by atoms with Gasteiger partial charge >= 0.3 is 0 Å². The Kier molecular flexibility index (Phi) is 6.32. The van der Waals surface area contributed by atoms with E-state index in [0.717, 1.165) is 22.0 Å². The lowest BCUT2D eigenvalue weighted by atomic mass is 10.2. The summed E-state index contributed by atoms with van der Waals surface area (Å²) in [6.45, 7) is 2.76. The van der Waals surface area contributed by atoms with Crippen molar-refractivity contribution in [2.24, 2.45) is 0 Å². The fourth-order valence-corrected chi connectivity index (χ4v) is 2.20. The summed E-state index contributed by atoms with van der Waals surface area (Å²) >= 11 is 1.67. The molecule has 0 amide bonds. The molecule has 0 aromatic heterocycles. The van der Waals surface area contributed by atoms with Gasteiger partial charge in [0.05, 0.1) is 20.8 Å². The van der Waals surface area contributed by atoms with Crippen LogP contribution in [0.15, 0.2) is 17.0 Å². The number of thioether (sulfide) groups is 1. The third-order valence-electron chi connectivity index (χ3n) is 2.70. The Morgan fingerprint density at radius 1 is 1.28 bits per heavy atom. The molecule has 1 rings (SSSR count). The monoisotopic (exact) mass is 271 g/mol. The Bertz CT molecular complexity index is 385. The maximum Gasteiger partial charge on any atom is 0.161 e. The summed E-state index contributed by atoms with van der Waals surface area (Å²) < 4.78 is 10.6. The predicted molar refractivity (Wildman–Crippen MR) is 74.7 cm³/mol. The topological polar surface area (TPSA) is 50.7 Å². The van der Waals surface area contributed by atoms with Crippen LogP contribution in [0.2, 0.25) is 0 Å². The van der Waals surface area contributed by atoms with Crippen molar-refractivity contribution in [3.8, 4) is 11.5 Å². The number of methoxy groups -OCH3 is 2. The van der Waals surface area contributed by atoms with Crippen molar-refractivity contribution in [3.05, 3.63) is 17.7 Å². The maximum absolute atomic E-state index is 9.01. The number of rotatable bonds is 7. The molecular formula is C13H21NO3S. The van der Waals surface area contributed by atoms with Gasteiger partial charge < -0.3 is 19.9 Å². The van der Waals surface area contributed by atoms with Crippen molar-refractivity contribution in [1.29, 1.82) is 0 Å². The van der Waals surface area contributed by atoms with Crippen LogP contribution in [0.3, 0.4) is 0 Å². The molecular weight excluding hydrogens is 250 g/mol. The summed E-state index contributed by atoms with van der Waals surface area (Å²) in [5.74, 6) is 1.46. The molecule has 5 heteroatoms. The van der Waals surface area contributed by atoms with Gasteiger partial charge in [-0.1, -0.05) is 0 Å². The van der Waals surface area contributed by atoms with Crippen LogP contribution < -0.4 is 14.8 Å². The van der Waals surface area contributed by atoms with Gasteiger partial charge in [0.1, 0.15) is 0 Å². The van der Waals surface area contributed by atoms with E-state index >= 15 is 0 Å². The van der Waals surface area contributed by atoms with Crippen LogP contribution in [0.4, 0.5) is 0 Å². The van der Waals surface area contributed by atoms with Crippen molar-refractivity contribution in [2.45, 2.75) is 24.4 Å². The molecule has 0 saturated carbocycles. The van der Waals surface area contributed by atoms with E-state index in [-0.39, 0.29) is 12.6 Å². The maximum atomic E-state index is 9.01. The molecule has 0 aliphatic heterocycles. The third kappa shape index (κ3) is 3.80. The molecule has 0 radical (unpaired) electrons. The molecule has 2 N–H and O–H groups in total. The predicted octanol–water partition coefficient (Wildman–Crippen LogP) is 1.90. The summed E-state index contributed by atoms with van der Waals surface area (Å²) in [6.07, 6.45) is 2.03. The number of aliphatic hydroxyl groups is 1. The first-order chi connectivity index (χ1) is 8.65. The summed E-state index contributed by atoms with van der Waals surface area (Å²) in [5.41, 5.74) is 1.14. The summed E-state index contributed by atoms with van der Waals surface area (Å²) in [6, 6.07) is 4.03. The number of benzene rings is 1. The highest BCUT2D eigenvalue weighted by atomic mass is 32.2. The normalized spacial score (nSPS) is 12.3. The fourth-order valence-electron chi connectivity index (χ4n) is 1.58. The molecule has 1 aromatic carbocycles. The Labute approximate surface area is 113 Å². The van der Waals surface area contributed by atoms with Crippen LogP contribution >= 0.6 is 11.8 Å². The number of hydrogen-bond acceptors (Lipinski definition) is 5. The van der Waals surface area contributed by atoms with Crippen molar-refractivity contribution in [1.82, 2.24) is 5.32 Å². The van der Waals surface area contributed by atoms with E-state index in [1.165, 1.54) is 0 Å². The van der Waals surface area contributed by atoms with Crippen LogP contribution in [-0.2, 0) is 6.54 Å². The van der Waals surface area contributed by atoms with E-state index in [2.05, 4.69) is 5.32 Å². The summed E-state index contributed by atoms with van der Waals surface area (Å²) in [7, 11) is 3.26. The van der Waals surface area contributed by atoms with Crippen LogP contribution in [0.25, 0.3) is 0 Å². The summed E-state index contributed by atoms with van der Waals surface area (Å²) in [5, 5.41) is 12.3. The molecule has 0 heterocycles. The van der Waals surface area contributed by atoms with Gasteiger partial charge in [0.2, 0.25) is 0 Å². The smallest absolute Gasteiger partial charge is 0.161 e. The van der Waals surface area contributed by atoms with Crippen LogP contribution in [0, 0.1) is 0 Å². The molecule has 0 bridgehead atoms. The molecule has 1 unspecified atom stereocenters. The summed E-state index contributed by atoms with van der Waals surface area (Å²) in [4.78, 5) is 1.14. The second kappa shape index (κ2) is 7.51. The molecule has 102 valence electrons. The third-order valence-corrected chi connectivity index (χ3v) is 3.52. The minimum atomic E-state index is 0.0767. The number of aliphatic hydroxyl groups excluding tert-OH is 1. The highest BCUT2D eigenvalue weighted by Crippen LogP contribution is 2.34. The standard InChI is InChI=1S/C13H21NO3S/c1-9(8-15)14-7-10-5-11(16-2)12(17-3)6-13(10)18-4/h5-6,9,14-15H,7-8H2,1-4H3. The van der Waals surface area contributed by atoms with Gasteiger partial charge in [0, 0.05) is 17.5 Å². The fraction of sp³-hybridized carbons (Fsp3) is 0.538. The van der Waals surface area contributed by atoms with E-state index in [4.69, 9.17) is 14.6 Å². The van der Waals surface area contributed by atoms with Gasteiger partial charge in [-0.25, -0.2) is 0 Å². The minimum absolute atomic E-state index is 0.0767. The van der Waals surface area contributed by atoms with Gasteiger partial charge in [0.15, 0.2) is 11.5 Å². The zero-order valence-electron chi connectivity index (χ0n) is 11.3.